The Balaban J connectivity index is 4.04. The molecule has 0 aromatic heterocycles. The lowest BCUT2D eigenvalue weighted by Gasteiger charge is -2.04. The van der Waals surface area contributed by atoms with Crippen molar-refractivity contribution in [2.75, 3.05) is 24.4 Å². The molecule has 0 aliphatic rings. The van der Waals surface area contributed by atoms with Crippen LogP contribution >= 0.6 is 0 Å². The lowest BCUT2D eigenvalue weighted by molar-refractivity contribution is -0.123. The highest BCUT2D eigenvalue weighted by atomic mass is 32.2. The first-order valence-corrected chi connectivity index (χ1v) is 7.41. The van der Waals surface area contributed by atoms with Crippen molar-refractivity contribution in [2.45, 2.75) is 0 Å². The van der Waals surface area contributed by atoms with E-state index in [-0.39, 0.29) is 0 Å². The first-order chi connectivity index (χ1) is 6.62. The van der Waals surface area contributed by atoms with Crippen molar-refractivity contribution in [3.05, 3.63) is 0 Å². The van der Waals surface area contributed by atoms with E-state index >= 15 is 0 Å². The molecule has 90 valence electrons. The van der Waals surface area contributed by atoms with Crippen LogP contribution in [0.5, 0.6) is 0 Å². The van der Waals surface area contributed by atoms with E-state index in [0.717, 1.165) is 6.26 Å². The van der Waals surface area contributed by atoms with E-state index in [0.29, 0.717) is 0 Å². The maximum absolute atomic E-state index is 11.0. The number of hydrogen-bond donors (Lipinski definition) is 2. The molecule has 0 bridgehead atoms. The highest BCUT2D eigenvalue weighted by Gasteiger charge is 2.14. The molecule has 0 aliphatic carbocycles. The number of rotatable bonds is 7. The van der Waals surface area contributed by atoms with Gasteiger partial charge in [0.2, 0.25) is 15.9 Å². The molecule has 0 atom stereocenters. The first-order valence-electron chi connectivity index (χ1n) is 3.70. The van der Waals surface area contributed by atoms with Gasteiger partial charge in [-0.1, -0.05) is 4.89 Å². The Labute approximate surface area is 87.7 Å². The van der Waals surface area contributed by atoms with Crippen LogP contribution in [-0.2, 0) is 29.5 Å². The van der Waals surface area contributed by atoms with Crippen LogP contribution in [0.2, 0.25) is 0 Å². The minimum absolute atomic E-state index is 0.526. The number of carbonyl (C=O) groups excluding carboxylic acids is 1. The van der Waals surface area contributed by atoms with Crippen LogP contribution in [-0.4, -0.2) is 47.1 Å². The standard InChI is InChI=1S/C5H12N2O6S2/c1-14(9,10)2-3-15(11,12)7-13-4-5(6)8/h7H,2-4H2,1H3,(H2,6,8). The van der Waals surface area contributed by atoms with Crippen LogP contribution < -0.4 is 10.6 Å². The zero-order valence-corrected chi connectivity index (χ0v) is 9.60. The van der Waals surface area contributed by atoms with Crippen LogP contribution in [0, 0.1) is 0 Å². The molecule has 0 unspecified atom stereocenters. The van der Waals surface area contributed by atoms with Gasteiger partial charge in [0.1, 0.15) is 16.4 Å². The third kappa shape index (κ3) is 9.59. The minimum atomic E-state index is -3.87. The number of nitrogens with one attached hydrogen (secondary N) is 1. The number of carbonyl (C=O) groups is 1. The fourth-order valence-corrected chi connectivity index (χ4v) is 2.90. The molecule has 0 aromatic rings. The van der Waals surface area contributed by atoms with Crippen molar-refractivity contribution in [2.24, 2.45) is 5.73 Å². The summed E-state index contributed by atoms with van der Waals surface area (Å²) in [4.78, 5) is 16.0. The molecular formula is C5H12N2O6S2. The molecule has 0 heterocycles. The fourth-order valence-electron chi connectivity index (χ4n) is 0.493. The van der Waals surface area contributed by atoms with Crippen molar-refractivity contribution < 1.29 is 26.5 Å². The summed E-state index contributed by atoms with van der Waals surface area (Å²) in [6.45, 7) is -0.613. The van der Waals surface area contributed by atoms with E-state index < -0.39 is 43.9 Å². The molecule has 10 heteroatoms. The molecule has 0 saturated carbocycles. The minimum Gasteiger partial charge on any atom is -0.368 e. The van der Waals surface area contributed by atoms with Gasteiger partial charge in [0.15, 0.2) is 0 Å². The Morgan fingerprint density at radius 3 is 2.20 bits per heavy atom. The van der Waals surface area contributed by atoms with Gasteiger partial charge in [0, 0.05) is 6.26 Å². The number of sulfone groups is 1. The Morgan fingerprint density at radius 2 is 1.80 bits per heavy atom. The predicted octanol–water partition coefficient (Wildman–Crippen LogP) is -2.63. The van der Waals surface area contributed by atoms with Crippen LogP contribution in [0.4, 0.5) is 0 Å². The van der Waals surface area contributed by atoms with Gasteiger partial charge in [-0.05, 0) is 0 Å². The Bertz CT molecular complexity index is 411. The van der Waals surface area contributed by atoms with Gasteiger partial charge in [-0.3, -0.25) is 9.63 Å². The normalized spacial score (nSPS) is 12.6. The molecule has 1 amide bonds. The summed E-state index contributed by atoms with van der Waals surface area (Å²) in [6, 6.07) is 0. The van der Waals surface area contributed by atoms with Crippen molar-refractivity contribution in [3.63, 3.8) is 0 Å². The number of nitrogens with two attached hydrogens (primary N) is 1. The van der Waals surface area contributed by atoms with Crippen LogP contribution in [0.15, 0.2) is 0 Å². The molecule has 3 N–H and O–H groups in total. The van der Waals surface area contributed by atoms with Crippen molar-refractivity contribution in [3.8, 4) is 0 Å². The molecule has 0 aliphatic heterocycles. The second kappa shape index (κ2) is 5.39. The molecule has 0 spiro atoms. The number of sulfonamides is 1. The SMILES string of the molecule is CS(=O)(=O)CCS(=O)(=O)NOCC(N)=O. The van der Waals surface area contributed by atoms with Gasteiger partial charge >= 0.3 is 0 Å². The van der Waals surface area contributed by atoms with E-state index in [1.165, 1.54) is 0 Å². The van der Waals surface area contributed by atoms with Crippen LogP contribution in [0.25, 0.3) is 0 Å². The summed E-state index contributed by atoms with van der Waals surface area (Å²) < 4.78 is 43.3. The molecular weight excluding hydrogens is 248 g/mol. The third-order valence-corrected chi connectivity index (χ3v) is 3.44. The quantitative estimate of drug-likeness (QED) is 0.481. The highest BCUT2D eigenvalue weighted by molar-refractivity contribution is 7.93. The van der Waals surface area contributed by atoms with Gasteiger partial charge in [-0.15, -0.1) is 0 Å². The summed E-state index contributed by atoms with van der Waals surface area (Å²) in [7, 11) is -7.23. The van der Waals surface area contributed by atoms with Crippen LogP contribution in [0.3, 0.4) is 0 Å². The zero-order valence-electron chi connectivity index (χ0n) is 7.96. The van der Waals surface area contributed by atoms with Gasteiger partial charge in [-0.25, -0.2) is 16.8 Å². The second-order valence-electron chi connectivity index (χ2n) is 2.79. The molecule has 0 rings (SSSR count). The smallest absolute Gasteiger partial charge is 0.245 e. The maximum Gasteiger partial charge on any atom is 0.245 e. The lowest BCUT2D eigenvalue weighted by Crippen LogP contribution is -2.32. The number of hydrogen-bond acceptors (Lipinski definition) is 6. The summed E-state index contributed by atoms with van der Waals surface area (Å²) in [5.41, 5.74) is 4.67. The molecule has 15 heavy (non-hydrogen) atoms. The fraction of sp³-hybridized carbons (Fsp3) is 0.800. The van der Waals surface area contributed by atoms with Crippen LogP contribution in [0.1, 0.15) is 0 Å². The Morgan fingerprint density at radius 1 is 1.27 bits per heavy atom. The monoisotopic (exact) mass is 260 g/mol. The summed E-state index contributed by atoms with van der Waals surface area (Å²) in [5, 5.41) is 0. The largest absolute Gasteiger partial charge is 0.368 e. The average Bonchev–Trinajstić information content (AvgIpc) is 1.99. The average molecular weight is 260 g/mol. The summed E-state index contributed by atoms with van der Waals surface area (Å²) in [5.74, 6) is -2.01. The van der Waals surface area contributed by atoms with E-state index in [1.54, 1.807) is 4.89 Å². The number of primary amides is 1. The van der Waals surface area contributed by atoms with Gasteiger partial charge in [0.25, 0.3) is 0 Å². The molecule has 0 fully saturated rings. The van der Waals surface area contributed by atoms with Gasteiger partial charge in [-0.2, -0.15) is 0 Å². The van der Waals surface area contributed by atoms with E-state index in [2.05, 4.69) is 10.6 Å². The zero-order chi connectivity index (χ0) is 12.1. The second-order valence-corrected chi connectivity index (χ2v) is 6.85. The van der Waals surface area contributed by atoms with Gasteiger partial charge in [0.05, 0.1) is 11.5 Å². The van der Waals surface area contributed by atoms with Crippen molar-refractivity contribution >= 4 is 25.8 Å². The highest BCUT2D eigenvalue weighted by Crippen LogP contribution is 1.89. The van der Waals surface area contributed by atoms with Gasteiger partial charge < -0.3 is 5.73 Å². The third-order valence-electron chi connectivity index (χ3n) is 1.12. The molecule has 0 saturated heterocycles. The van der Waals surface area contributed by atoms with E-state index in [4.69, 9.17) is 0 Å². The van der Waals surface area contributed by atoms with E-state index in [9.17, 15) is 21.6 Å². The Hall–Kier alpha value is -0.710. The topological polar surface area (TPSA) is 133 Å². The summed E-state index contributed by atoms with van der Waals surface area (Å²) >= 11 is 0. The first kappa shape index (κ1) is 14.3. The van der Waals surface area contributed by atoms with E-state index in [1.807, 2.05) is 0 Å². The number of amides is 1. The molecule has 8 nitrogen and oxygen atoms in total. The molecule has 0 radical (unpaired) electrons. The molecule has 0 aromatic carbocycles. The lowest BCUT2D eigenvalue weighted by atomic mass is 10.7. The van der Waals surface area contributed by atoms with Crippen molar-refractivity contribution in [1.82, 2.24) is 4.89 Å². The predicted molar refractivity (Wildman–Crippen MR) is 51.8 cm³/mol. The Kier molecular flexibility index (Phi) is 5.14. The van der Waals surface area contributed by atoms with Crippen molar-refractivity contribution in [1.29, 1.82) is 0 Å². The maximum atomic E-state index is 11.0. The summed E-state index contributed by atoms with van der Waals surface area (Å²) in [6.07, 6.45) is 0.910.